The van der Waals surface area contributed by atoms with Gasteiger partial charge in [0.2, 0.25) is 11.8 Å². The summed E-state index contributed by atoms with van der Waals surface area (Å²) in [6, 6.07) is 15.7. The fourth-order valence-electron chi connectivity index (χ4n) is 5.13. The van der Waals surface area contributed by atoms with Crippen molar-refractivity contribution in [1.29, 1.82) is 0 Å². The van der Waals surface area contributed by atoms with E-state index in [1.165, 1.54) is 45.5 Å². The third-order valence-electron chi connectivity index (χ3n) is 7.03. The molecule has 182 valence electrons. The number of hydrogen-bond donors (Lipinski definition) is 2. The second-order valence-electron chi connectivity index (χ2n) is 9.17. The van der Waals surface area contributed by atoms with Gasteiger partial charge in [-0.15, -0.1) is 4.73 Å². The number of benzene rings is 2. The lowest BCUT2D eigenvalue weighted by atomic mass is 9.92. The van der Waals surface area contributed by atoms with E-state index in [1.54, 1.807) is 4.90 Å². The van der Waals surface area contributed by atoms with Crippen LogP contribution in [0.1, 0.15) is 39.4 Å². The Morgan fingerprint density at radius 3 is 1.80 bits per heavy atom. The fourth-order valence-corrected chi connectivity index (χ4v) is 5.13. The number of amides is 1. The average Bonchev–Trinajstić information content (AvgIpc) is 3.61. The maximum atomic E-state index is 12.7. The first-order chi connectivity index (χ1) is 17.1. The molecule has 1 fully saturated rings. The zero-order valence-electron chi connectivity index (χ0n) is 19.2. The van der Waals surface area contributed by atoms with Crippen LogP contribution in [-0.4, -0.2) is 57.0 Å². The highest BCUT2D eigenvalue weighted by Crippen LogP contribution is 2.35. The Hall–Kier alpha value is -3.53. The minimum Gasteiger partial charge on any atom is -0.492 e. The lowest BCUT2D eigenvalue weighted by Gasteiger charge is -2.39. The van der Waals surface area contributed by atoms with Gasteiger partial charge < -0.3 is 29.4 Å². The van der Waals surface area contributed by atoms with Crippen LogP contribution in [0.2, 0.25) is 0 Å². The van der Waals surface area contributed by atoms with E-state index in [1.807, 2.05) is 0 Å². The Bertz CT molecular complexity index is 1190. The molecule has 0 atom stereocenters. The van der Waals surface area contributed by atoms with Gasteiger partial charge in [-0.1, -0.05) is 36.4 Å². The summed E-state index contributed by atoms with van der Waals surface area (Å²) < 4.78 is 12.0. The number of piperazine rings is 1. The first-order valence-electron chi connectivity index (χ1n) is 11.8. The van der Waals surface area contributed by atoms with Crippen molar-refractivity contribution in [2.24, 2.45) is 0 Å². The number of fused-ring (bicyclic) bond motifs is 2. The molecular weight excluding hydrogens is 450 g/mol. The van der Waals surface area contributed by atoms with Crippen LogP contribution in [-0.2, 0) is 35.9 Å². The lowest BCUT2D eigenvalue weighted by molar-refractivity contribution is 0.0515. The van der Waals surface area contributed by atoms with E-state index in [4.69, 9.17) is 14.3 Å². The highest BCUT2D eigenvalue weighted by atomic mass is 16.7. The van der Waals surface area contributed by atoms with Gasteiger partial charge in [-0.2, -0.15) is 0 Å². The topological polar surface area (TPSA) is 96.6 Å². The van der Waals surface area contributed by atoms with Crippen molar-refractivity contribution in [3.05, 3.63) is 81.9 Å². The predicted molar refractivity (Wildman–Crippen MR) is 125 cm³/mol. The summed E-state index contributed by atoms with van der Waals surface area (Å²) in [5, 5.41) is 19.5. The second-order valence-corrected chi connectivity index (χ2v) is 9.17. The molecule has 3 aromatic rings. The molecule has 0 unspecified atom stereocenters. The molecule has 3 aliphatic heterocycles. The molecule has 0 spiro atoms. The third kappa shape index (κ3) is 4.12. The molecule has 1 aromatic heterocycles. The van der Waals surface area contributed by atoms with Gasteiger partial charge in [0.15, 0.2) is 0 Å². The van der Waals surface area contributed by atoms with Gasteiger partial charge in [-0.05, 0) is 33.4 Å². The van der Waals surface area contributed by atoms with Crippen LogP contribution in [0.15, 0.2) is 48.5 Å². The van der Waals surface area contributed by atoms with Gasteiger partial charge in [-0.3, -0.25) is 4.90 Å². The normalized spacial score (nSPS) is 17.6. The molecule has 1 amide bonds. The molecule has 0 bridgehead atoms. The van der Waals surface area contributed by atoms with Crippen LogP contribution in [0.3, 0.4) is 0 Å². The Labute approximate surface area is 202 Å². The quantitative estimate of drug-likeness (QED) is 0.597. The number of carbonyl (C=O) groups is 1. The molecule has 9 heteroatoms. The Morgan fingerprint density at radius 1 is 0.743 bits per heavy atom. The summed E-state index contributed by atoms with van der Waals surface area (Å²) in [5.41, 5.74) is 7.33. The van der Waals surface area contributed by atoms with Crippen molar-refractivity contribution in [2.45, 2.75) is 32.5 Å². The molecule has 9 nitrogen and oxygen atoms in total. The first-order valence-corrected chi connectivity index (χ1v) is 11.8. The standard InChI is InChI=1S/C26H27N3O6/c30-23-5-6-24(31)29(23)35-26(32)28-9-7-27(8-10-28)25(17-1-3-19-13-33-15-21(19)11-17)18-2-4-20-14-34-16-22(20)12-18/h1-6,11-12,25,30-31H,7-10,13-16H2. The second kappa shape index (κ2) is 8.92. The third-order valence-corrected chi connectivity index (χ3v) is 7.03. The molecule has 2 N–H and O–H groups in total. The van der Waals surface area contributed by atoms with Crippen molar-refractivity contribution < 1.29 is 29.3 Å². The SMILES string of the molecule is O=C(On1c(O)ccc1O)N1CCN(C(c2ccc3c(c2)COC3)c2ccc3c(c2)COC3)CC1. The van der Waals surface area contributed by atoms with Crippen LogP contribution in [0.4, 0.5) is 4.79 Å². The molecule has 0 saturated carbocycles. The van der Waals surface area contributed by atoms with E-state index in [0.29, 0.717) is 52.6 Å². The molecular formula is C26H27N3O6. The van der Waals surface area contributed by atoms with E-state index in [0.717, 1.165) is 4.73 Å². The molecule has 3 aliphatic rings. The minimum absolute atomic E-state index is 0.0301. The Morgan fingerprint density at radius 2 is 1.26 bits per heavy atom. The van der Waals surface area contributed by atoms with Gasteiger partial charge in [0, 0.05) is 38.3 Å². The summed E-state index contributed by atoms with van der Waals surface area (Å²) in [4.78, 5) is 21.8. The largest absolute Gasteiger partial charge is 0.492 e. The van der Waals surface area contributed by atoms with E-state index < -0.39 is 6.09 Å². The maximum absolute atomic E-state index is 12.7. The Kier molecular flexibility index (Phi) is 5.60. The van der Waals surface area contributed by atoms with Gasteiger partial charge in [-0.25, -0.2) is 4.79 Å². The van der Waals surface area contributed by atoms with Gasteiger partial charge >= 0.3 is 6.09 Å². The summed E-state index contributed by atoms with van der Waals surface area (Å²) in [5.74, 6) is -0.675. The van der Waals surface area contributed by atoms with Crippen LogP contribution >= 0.6 is 0 Å². The number of rotatable bonds is 4. The van der Waals surface area contributed by atoms with E-state index in [2.05, 4.69) is 41.3 Å². The Balaban J connectivity index is 1.23. The summed E-state index contributed by atoms with van der Waals surface area (Å²) in [6.07, 6.45) is -0.618. The highest BCUT2D eigenvalue weighted by Gasteiger charge is 2.31. The van der Waals surface area contributed by atoms with Crippen LogP contribution < -0.4 is 4.84 Å². The molecule has 0 radical (unpaired) electrons. The average molecular weight is 478 g/mol. The smallest absolute Gasteiger partial charge is 0.434 e. The number of hydrogen-bond acceptors (Lipinski definition) is 7. The first kappa shape index (κ1) is 22.0. The summed E-state index contributed by atoms with van der Waals surface area (Å²) in [7, 11) is 0. The monoisotopic (exact) mass is 477 g/mol. The number of ether oxygens (including phenoxy) is 2. The number of carbonyl (C=O) groups excluding carboxylic acids is 1. The molecule has 0 aliphatic carbocycles. The molecule has 2 aromatic carbocycles. The number of nitrogens with zero attached hydrogens (tertiary/aromatic N) is 3. The van der Waals surface area contributed by atoms with Gasteiger partial charge in [0.25, 0.3) is 0 Å². The molecule has 6 rings (SSSR count). The number of aromatic nitrogens is 1. The minimum atomic E-state index is -0.618. The van der Waals surface area contributed by atoms with Crippen LogP contribution in [0, 0.1) is 0 Å². The van der Waals surface area contributed by atoms with Crippen molar-refractivity contribution >= 4 is 6.09 Å². The van der Waals surface area contributed by atoms with Crippen molar-refractivity contribution in [2.75, 3.05) is 26.2 Å². The van der Waals surface area contributed by atoms with Crippen LogP contribution in [0.5, 0.6) is 11.8 Å². The van der Waals surface area contributed by atoms with E-state index in [9.17, 15) is 15.0 Å². The predicted octanol–water partition coefficient (Wildman–Crippen LogP) is 2.92. The van der Waals surface area contributed by atoms with Crippen molar-refractivity contribution in [3.63, 3.8) is 0 Å². The van der Waals surface area contributed by atoms with Crippen molar-refractivity contribution in [3.8, 4) is 11.8 Å². The lowest BCUT2D eigenvalue weighted by Crippen LogP contribution is -2.51. The zero-order chi connectivity index (χ0) is 23.9. The molecule has 35 heavy (non-hydrogen) atoms. The zero-order valence-corrected chi connectivity index (χ0v) is 19.2. The fraction of sp³-hybridized carbons (Fsp3) is 0.346. The maximum Gasteiger partial charge on any atom is 0.434 e. The highest BCUT2D eigenvalue weighted by molar-refractivity contribution is 5.68. The van der Waals surface area contributed by atoms with Gasteiger partial charge in [0.05, 0.1) is 32.5 Å². The number of aromatic hydroxyl groups is 2. The van der Waals surface area contributed by atoms with Crippen LogP contribution in [0.25, 0.3) is 0 Å². The molecule has 4 heterocycles. The molecule has 1 saturated heterocycles. The van der Waals surface area contributed by atoms with Gasteiger partial charge in [0.1, 0.15) is 0 Å². The van der Waals surface area contributed by atoms with Crippen molar-refractivity contribution in [1.82, 2.24) is 14.5 Å². The van der Waals surface area contributed by atoms with E-state index in [-0.39, 0.29) is 17.8 Å². The summed E-state index contributed by atoms with van der Waals surface area (Å²) in [6.45, 7) is 4.78. The summed E-state index contributed by atoms with van der Waals surface area (Å²) >= 11 is 0. The van der Waals surface area contributed by atoms with E-state index >= 15 is 0 Å².